The van der Waals surface area contributed by atoms with Crippen LogP contribution in [0.3, 0.4) is 0 Å². The minimum Gasteiger partial charge on any atom is -0.443 e. The van der Waals surface area contributed by atoms with Crippen LogP contribution in [0.15, 0.2) is 16.8 Å². The standard InChI is InChI=1S/C19H20N4OS/c1-19(2,3)14-8-11(9-20)17(24-14)23-16-15-12-6-4-5-7-13(12)25-18(15)22-10-21-16/h8,10H,4-7H2,1-3H3,(H,21,22,23). The number of furan rings is 1. The fraction of sp³-hybridized carbons (Fsp3) is 0.421. The van der Waals surface area contributed by atoms with E-state index in [0.29, 0.717) is 11.4 Å². The molecule has 3 aromatic rings. The fourth-order valence-electron chi connectivity index (χ4n) is 3.23. The van der Waals surface area contributed by atoms with Crippen LogP contribution in [0, 0.1) is 11.3 Å². The zero-order valence-corrected chi connectivity index (χ0v) is 15.5. The molecule has 0 aromatic carbocycles. The molecule has 5 nitrogen and oxygen atoms in total. The van der Waals surface area contributed by atoms with Crippen LogP contribution in [0.5, 0.6) is 0 Å². The van der Waals surface area contributed by atoms with Crippen LogP contribution in [-0.4, -0.2) is 9.97 Å². The Morgan fingerprint density at radius 2 is 2.04 bits per heavy atom. The number of aryl methyl sites for hydroxylation is 2. The number of fused-ring (bicyclic) bond motifs is 3. The van der Waals surface area contributed by atoms with Gasteiger partial charge in [0.05, 0.1) is 5.39 Å². The summed E-state index contributed by atoms with van der Waals surface area (Å²) >= 11 is 1.76. The van der Waals surface area contributed by atoms with Crippen molar-refractivity contribution in [3.8, 4) is 6.07 Å². The van der Waals surface area contributed by atoms with Gasteiger partial charge in [0.15, 0.2) is 0 Å². The Labute approximate surface area is 150 Å². The van der Waals surface area contributed by atoms with Crippen molar-refractivity contribution < 1.29 is 4.42 Å². The summed E-state index contributed by atoms with van der Waals surface area (Å²) in [5.74, 6) is 1.98. The number of aromatic nitrogens is 2. The minimum atomic E-state index is -0.159. The van der Waals surface area contributed by atoms with Crippen molar-refractivity contribution in [2.45, 2.75) is 51.9 Å². The predicted octanol–water partition coefficient (Wildman–Crippen LogP) is 5.08. The molecule has 25 heavy (non-hydrogen) atoms. The summed E-state index contributed by atoms with van der Waals surface area (Å²) in [6.45, 7) is 6.19. The van der Waals surface area contributed by atoms with Gasteiger partial charge in [-0.3, -0.25) is 0 Å². The highest BCUT2D eigenvalue weighted by Gasteiger charge is 2.24. The molecule has 0 aliphatic heterocycles. The van der Waals surface area contributed by atoms with Crippen LogP contribution >= 0.6 is 11.3 Å². The van der Waals surface area contributed by atoms with Crippen LogP contribution in [-0.2, 0) is 18.3 Å². The van der Waals surface area contributed by atoms with Crippen molar-refractivity contribution >= 4 is 33.3 Å². The van der Waals surface area contributed by atoms with Crippen molar-refractivity contribution in [3.05, 3.63) is 34.2 Å². The number of rotatable bonds is 2. The maximum absolute atomic E-state index is 9.46. The molecule has 0 saturated heterocycles. The average Bonchev–Trinajstić information content (AvgIpc) is 3.16. The summed E-state index contributed by atoms with van der Waals surface area (Å²) in [5, 5.41) is 13.8. The van der Waals surface area contributed by atoms with Gasteiger partial charge in [-0.1, -0.05) is 20.8 Å². The average molecular weight is 352 g/mol. The molecular formula is C19H20N4OS. The summed E-state index contributed by atoms with van der Waals surface area (Å²) in [4.78, 5) is 11.3. The second-order valence-electron chi connectivity index (χ2n) is 7.45. The largest absolute Gasteiger partial charge is 0.443 e. The molecule has 1 aliphatic carbocycles. The summed E-state index contributed by atoms with van der Waals surface area (Å²) in [6.07, 6.45) is 6.20. The highest BCUT2D eigenvalue weighted by molar-refractivity contribution is 7.19. The smallest absolute Gasteiger partial charge is 0.216 e. The molecule has 0 fully saturated rings. The lowest BCUT2D eigenvalue weighted by molar-refractivity contribution is 0.418. The first kappa shape index (κ1) is 16.1. The number of nitrogens with zero attached hydrogens (tertiary/aromatic N) is 3. The molecule has 1 aliphatic rings. The Balaban J connectivity index is 1.81. The molecule has 0 saturated carbocycles. The van der Waals surface area contributed by atoms with Crippen LogP contribution in [0.2, 0.25) is 0 Å². The van der Waals surface area contributed by atoms with Gasteiger partial charge in [-0.2, -0.15) is 5.26 Å². The van der Waals surface area contributed by atoms with Gasteiger partial charge in [-0.25, -0.2) is 9.97 Å². The third kappa shape index (κ3) is 2.79. The second kappa shape index (κ2) is 5.85. The van der Waals surface area contributed by atoms with Crippen LogP contribution in [0.1, 0.15) is 55.4 Å². The van der Waals surface area contributed by atoms with E-state index in [4.69, 9.17) is 4.42 Å². The summed E-state index contributed by atoms with van der Waals surface area (Å²) in [5.41, 5.74) is 1.70. The SMILES string of the molecule is CC(C)(C)c1cc(C#N)c(Nc2ncnc3sc4c(c23)CCCC4)o1. The Kier molecular flexibility index (Phi) is 3.77. The zero-order chi connectivity index (χ0) is 17.6. The zero-order valence-electron chi connectivity index (χ0n) is 14.6. The van der Waals surface area contributed by atoms with E-state index < -0.39 is 0 Å². The third-order valence-corrected chi connectivity index (χ3v) is 5.77. The topological polar surface area (TPSA) is 74.7 Å². The molecule has 0 amide bonds. The molecule has 3 heterocycles. The third-order valence-electron chi connectivity index (χ3n) is 4.58. The molecule has 0 bridgehead atoms. The van der Waals surface area contributed by atoms with Crippen molar-refractivity contribution in [3.63, 3.8) is 0 Å². The summed E-state index contributed by atoms with van der Waals surface area (Å²) < 4.78 is 5.95. The first-order valence-electron chi connectivity index (χ1n) is 8.54. The predicted molar refractivity (Wildman–Crippen MR) is 99.5 cm³/mol. The van der Waals surface area contributed by atoms with E-state index >= 15 is 0 Å². The van der Waals surface area contributed by atoms with Gasteiger partial charge in [-0.05, 0) is 31.2 Å². The maximum atomic E-state index is 9.46. The lowest BCUT2D eigenvalue weighted by Crippen LogP contribution is -2.09. The van der Waals surface area contributed by atoms with Gasteiger partial charge < -0.3 is 9.73 Å². The van der Waals surface area contributed by atoms with Crippen molar-refractivity contribution in [1.82, 2.24) is 9.97 Å². The molecule has 4 rings (SSSR count). The molecule has 0 spiro atoms. The molecule has 0 radical (unpaired) electrons. The first-order valence-corrected chi connectivity index (χ1v) is 9.35. The number of thiophene rings is 1. The van der Waals surface area contributed by atoms with E-state index in [0.717, 1.165) is 34.6 Å². The first-order chi connectivity index (χ1) is 12.0. The van der Waals surface area contributed by atoms with Crippen LogP contribution in [0.25, 0.3) is 10.2 Å². The van der Waals surface area contributed by atoms with E-state index in [9.17, 15) is 5.26 Å². The molecular weight excluding hydrogens is 332 g/mol. The Morgan fingerprint density at radius 1 is 1.24 bits per heavy atom. The molecule has 6 heteroatoms. The molecule has 3 aromatic heterocycles. The van der Waals surface area contributed by atoms with Crippen molar-refractivity contribution in [2.75, 3.05) is 5.32 Å². The normalized spacial score (nSPS) is 14.3. The van der Waals surface area contributed by atoms with Crippen molar-refractivity contribution in [1.29, 1.82) is 5.26 Å². The number of hydrogen-bond donors (Lipinski definition) is 1. The number of nitriles is 1. The van der Waals surface area contributed by atoms with Gasteiger partial charge in [-0.15, -0.1) is 11.3 Å². The van der Waals surface area contributed by atoms with Crippen LogP contribution in [0.4, 0.5) is 11.7 Å². The van der Waals surface area contributed by atoms with Gasteiger partial charge in [0.2, 0.25) is 5.88 Å². The lowest BCUT2D eigenvalue weighted by atomic mass is 9.93. The van der Waals surface area contributed by atoms with Crippen LogP contribution < -0.4 is 5.32 Å². The Morgan fingerprint density at radius 3 is 2.80 bits per heavy atom. The highest BCUT2D eigenvalue weighted by atomic mass is 32.1. The van der Waals surface area contributed by atoms with Gasteiger partial charge >= 0.3 is 0 Å². The minimum absolute atomic E-state index is 0.159. The fourth-order valence-corrected chi connectivity index (χ4v) is 4.46. The van der Waals surface area contributed by atoms with E-state index in [1.54, 1.807) is 17.7 Å². The molecule has 0 unspecified atom stereocenters. The number of anilines is 2. The highest BCUT2D eigenvalue weighted by Crippen LogP contribution is 2.40. The van der Waals surface area contributed by atoms with E-state index in [2.05, 4.69) is 42.1 Å². The Bertz CT molecular complexity index is 987. The molecule has 1 N–H and O–H groups in total. The van der Waals surface area contributed by atoms with E-state index in [1.165, 1.54) is 23.3 Å². The lowest BCUT2D eigenvalue weighted by Gasteiger charge is -2.14. The van der Waals surface area contributed by atoms with Crippen molar-refractivity contribution in [2.24, 2.45) is 0 Å². The summed E-state index contributed by atoms with van der Waals surface area (Å²) in [7, 11) is 0. The van der Waals surface area contributed by atoms with E-state index in [1.807, 2.05) is 6.07 Å². The Hall–Kier alpha value is -2.39. The van der Waals surface area contributed by atoms with Gasteiger partial charge in [0.1, 0.15) is 34.4 Å². The molecule has 0 atom stereocenters. The number of nitrogens with one attached hydrogen (secondary N) is 1. The van der Waals surface area contributed by atoms with E-state index in [-0.39, 0.29) is 5.41 Å². The second-order valence-corrected chi connectivity index (χ2v) is 8.54. The maximum Gasteiger partial charge on any atom is 0.216 e. The summed E-state index contributed by atoms with van der Waals surface area (Å²) in [6, 6.07) is 4.02. The number of hydrogen-bond acceptors (Lipinski definition) is 6. The molecule has 128 valence electrons. The quantitative estimate of drug-likeness (QED) is 0.696. The van der Waals surface area contributed by atoms with Gasteiger partial charge in [0.25, 0.3) is 0 Å². The monoisotopic (exact) mass is 352 g/mol. The van der Waals surface area contributed by atoms with Gasteiger partial charge in [0, 0.05) is 16.4 Å².